The quantitative estimate of drug-likeness (QED) is 0.0356. The summed E-state index contributed by atoms with van der Waals surface area (Å²) in [5.74, 6) is 1.08. The number of esters is 1. The molecule has 0 aliphatic carbocycles. The van der Waals surface area contributed by atoms with Crippen LogP contribution in [0.1, 0.15) is 80.6 Å². The molecular formula is C32H47BrN2O5. The Labute approximate surface area is 249 Å². The number of ether oxygens (including phenoxy) is 2. The number of halogens is 1. The average molecular weight is 620 g/mol. The van der Waals surface area contributed by atoms with Crippen LogP contribution in [0.15, 0.2) is 69.0 Å². The van der Waals surface area contributed by atoms with Crippen molar-refractivity contribution >= 4 is 33.3 Å². The fraction of sp³-hybridized carbons (Fsp3) is 0.531. The highest BCUT2D eigenvalue weighted by molar-refractivity contribution is 9.10. The number of hydrogen-bond donors (Lipinski definition) is 1. The van der Waals surface area contributed by atoms with Crippen molar-refractivity contribution in [2.45, 2.75) is 80.6 Å². The maximum absolute atomic E-state index is 12.3. The highest BCUT2D eigenvalue weighted by atomic mass is 79.9. The summed E-state index contributed by atoms with van der Waals surface area (Å²) in [6.45, 7) is 15.9. The summed E-state index contributed by atoms with van der Waals surface area (Å²) in [5.41, 5.74) is 4.32. The molecule has 222 valence electrons. The molecule has 0 bridgehead atoms. The van der Waals surface area contributed by atoms with Crippen LogP contribution in [0, 0.1) is 22.0 Å². The van der Waals surface area contributed by atoms with E-state index in [0.29, 0.717) is 30.3 Å². The van der Waals surface area contributed by atoms with Crippen molar-refractivity contribution in [3.05, 3.63) is 79.1 Å². The Hall–Kier alpha value is -2.87. The van der Waals surface area contributed by atoms with Crippen LogP contribution < -0.4 is 5.32 Å². The molecule has 1 aromatic rings. The number of methoxy groups -OCH3 is 1. The molecule has 0 saturated carbocycles. The van der Waals surface area contributed by atoms with Crippen LogP contribution >= 0.6 is 15.9 Å². The van der Waals surface area contributed by atoms with Crippen LogP contribution in [-0.2, 0) is 14.3 Å². The summed E-state index contributed by atoms with van der Waals surface area (Å²) < 4.78 is 12.3. The number of nitrogens with one attached hydrogen (secondary N) is 1. The van der Waals surface area contributed by atoms with Crippen LogP contribution in [0.4, 0.5) is 11.4 Å². The summed E-state index contributed by atoms with van der Waals surface area (Å²) in [5, 5.41) is 14.6. The van der Waals surface area contributed by atoms with Crippen LogP contribution in [0.5, 0.6) is 0 Å². The van der Waals surface area contributed by atoms with E-state index in [0.717, 1.165) is 53.5 Å². The van der Waals surface area contributed by atoms with E-state index in [9.17, 15) is 14.9 Å². The highest BCUT2D eigenvalue weighted by Gasteiger charge is 2.18. The summed E-state index contributed by atoms with van der Waals surface area (Å²) in [6.07, 6.45) is 10.3. The van der Waals surface area contributed by atoms with E-state index in [4.69, 9.17) is 9.47 Å². The number of hydrogen-bond acceptors (Lipinski definition) is 6. The first kappa shape index (κ1) is 35.2. The fourth-order valence-electron chi connectivity index (χ4n) is 4.06. The van der Waals surface area contributed by atoms with Crippen molar-refractivity contribution in [2.24, 2.45) is 11.8 Å². The lowest BCUT2D eigenvalue weighted by molar-refractivity contribution is -0.384. The van der Waals surface area contributed by atoms with E-state index in [1.165, 1.54) is 18.7 Å². The molecule has 0 spiro atoms. The second kappa shape index (κ2) is 18.5. The molecule has 2 atom stereocenters. The second-order valence-corrected chi connectivity index (χ2v) is 11.1. The zero-order valence-corrected chi connectivity index (χ0v) is 27.0. The Balaban J connectivity index is 3.08. The normalized spacial score (nSPS) is 14.8. The van der Waals surface area contributed by atoms with Crippen molar-refractivity contribution in [1.29, 1.82) is 0 Å². The lowest BCUT2D eigenvalue weighted by Gasteiger charge is -2.22. The highest BCUT2D eigenvalue weighted by Crippen LogP contribution is 2.30. The average Bonchev–Trinajstić information content (AvgIpc) is 2.93. The van der Waals surface area contributed by atoms with E-state index in [2.05, 4.69) is 61.9 Å². The van der Waals surface area contributed by atoms with E-state index in [1.807, 2.05) is 26.0 Å². The van der Waals surface area contributed by atoms with Gasteiger partial charge >= 0.3 is 5.97 Å². The second-order valence-electron chi connectivity index (χ2n) is 10.2. The first-order valence-electron chi connectivity index (χ1n) is 14.2. The molecule has 8 heteroatoms. The maximum atomic E-state index is 12.3. The summed E-state index contributed by atoms with van der Waals surface area (Å²) in [7, 11) is 1.40. The molecular weight excluding hydrogens is 572 g/mol. The number of carbonyl (C=O) groups is 1. The molecule has 0 amide bonds. The standard InChI is InChI=1S/C32H47BrN2O5/c1-9-13-26(32(36)39-8)19-25(7)28(18-22(4)10-2)31(24(6)11-3)40-17-12-14-23(5)21-34-29-20-27(33)15-16-30(29)35(37)38/h13,15-16,18-20,23-24,34H,9-12,14,17,21H2,1-8H3/b22-18+,25-19+,26-13+,31-28-. The summed E-state index contributed by atoms with van der Waals surface area (Å²) in [6, 6.07) is 4.91. The van der Waals surface area contributed by atoms with Gasteiger partial charge in [-0.25, -0.2) is 4.79 Å². The van der Waals surface area contributed by atoms with Gasteiger partial charge in [0.15, 0.2) is 0 Å². The molecule has 0 radical (unpaired) electrons. The minimum absolute atomic E-state index is 0.0672. The van der Waals surface area contributed by atoms with Crippen LogP contribution in [0.25, 0.3) is 0 Å². The smallest absolute Gasteiger partial charge is 0.337 e. The first-order chi connectivity index (χ1) is 19.0. The Morgan fingerprint density at radius 3 is 2.45 bits per heavy atom. The number of nitrogens with zero attached hydrogens (tertiary/aromatic N) is 1. The maximum Gasteiger partial charge on any atom is 0.337 e. The number of benzene rings is 1. The molecule has 7 nitrogen and oxygen atoms in total. The molecule has 1 aromatic carbocycles. The predicted octanol–water partition coefficient (Wildman–Crippen LogP) is 9.31. The lowest BCUT2D eigenvalue weighted by Crippen LogP contribution is -2.14. The molecule has 40 heavy (non-hydrogen) atoms. The Morgan fingerprint density at radius 2 is 1.88 bits per heavy atom. The van der Waals surface area contributed by atoms with Gasteiger partial charge in [0.05, 0.1) is 24.2 Å². The van der Waals surface area contributed by atoms with Crippen LogP contribution in [-0.4, -0.2) is 31.2 Å². The molecule has 0 fully saturated rings. The van der Waals surface area contributed by atoms with Crippen molar-refractivity contribution in [1.82, 2.24) is 0 Å². The van der Waals surface area contributed by atoms with Gasteiger partial charge in [0.1, 0.15) is 11.4 Å². The number of anilines is 1. The van der Waals surface area contributed by atoms with Crippen LogP contribution in [0.3, 0.4) is 0 Å². The van der Waals surface area contributed by atoms with Crippen LogP contribution in [0.2, 0.25) is 0 Å². The summed E-state index contributed by atoms with van der Waals surface area (Å²) >= 11 is 3.39. The minimum atomic E-state index is -0.370. The van der Waals surface area contributed by atoms with Gasteiger partial charge in [-0.15, -0.1) is 0 Å². The van der Waals surface area contributed by atoms with E-state index >= 15 is 0 Å². The van der Waals surface area contributed by atoms with Gasteiger partial charge in [-0.1, -0.05) is 68.3 Å². The van der Waals surface area contributed by atoms with Gasteiger partial charge < -0.3 is 14.8 Å². The molecule has 0 saturated heterocycles. The van der Waals surface area contributed by atoms with Gasteiger partial charge in [0, 0.05) is 28.6 Å². The monoisotopic (exact) mass is 618 g/mol. The SMILES string of the molecule is CC\C=C(/C=C(C)/C(/C=C(\C)CC)=C(\OCCCC(C)CNc1cc(Br)ccc1[N+](=O)[O-])C(C)CC)C(=O)OC. The van der Waals surface area contributed by atoms with E-state index in [-0.39, 0.29) is 22.5 Å². The molecule has 1 N–H and O–H groups in total. The Morgan fingerprint density at radius 1 is 1.18 bits per heavy atom. The first-order valence-corrected chi connectivity index (χ1v) is 15.0. The summed E-state index contributed by atoms with van der Waals surface area (Å²) in [4.78, 5) is 23.3. The zero-order chi connectivity index (χ0) is 30.2. The molecule has 2 unspecified atom stereocenters. The zero-order valence-electron chi connectivity index (χ0n) is 25.4. The third kappa shape index (κ3) is 11.7. The molecule has 0 aliphatic heterocycles. The van der Waals surface area contributed by atoms with Crippen molar-refractivity contribution in [3.63, 3.8) is 0 Å². The lowest BCUT2D eigenvalue weighted by atomic mass is 9.94. The molecule has 1 rings (SSSR count). The van der Waals surface area contributed by atoms with E-state index in [1.54, 1.807) is 12.1 Å². The van der Waals surface area contributed by atoms with Crippen molar-refractivity contribution < 1.29 is 19.2 Å². The predicted molar refractivity (Wildman–Crippen MR) is 168 cm³/mol. The van der Waals surface area contributed by atoms with Crippen molar-refractivity contribution in [2.75, 3.05) is 25.6 Å². The topological polar surface area (TPSA) is 90.7 Å². The number of allylic oxidation sites excluding steroid dienone is 6. The number of nitro benzene ring substituents is 1. The Kier molecular flexibility index (Phi) is 16.2. The van der Waals surface area contributed by atoms with Gasteiger partial charge in [-0.3, -0.25) is 10.1 Å². The molecule has 0 aromatic heterocycles. The largest absolute Gasteiger partial charge is 0.497 e. The van der Waals surface area contributed by atoms with Gasteiger partial charge in [-0.2, -0.15) is 0 Å². The van der Waals surface area contributed by atoms with E-state index < -0.39 is 0 Å². The van der Waals surface area contributed by atoms with Gasteiger partial charge in [0.2, 0.25) is 0 Å². The fourth-order valence-corrected chi connectivity index (χ4v) is 4.42. The van der Waals surface area contributed by atoms with Crippen molar-refractivity contribution in [3.8, 4) is 0 Å². The molecule has 0 heterocycles. The Bertz CT molecular complexity index is 1120. The van der Waals surface area contributed by atoms with Gasteiger partial charge in [-0.05, 0) is 75.7 Å². The van der Waals surface area contributed by atoms with Gasteiger partial charge in [0.25, 0.3) is 5.69 Å². The molecule has 0 aliphatic rings. The number of carbonyl (C=O) groups excluding carboxylic acids is 1. The minimum Gasteiger partial charge on any atom is -0.497 e. The number of nitro groups is 1. The number of rotatable bonds is 17. The third-order valence-corrected chi connectivity index (χ3v) is 7.30. The third-order valence-electron chi connectivity index (χ3n) is 6.81.